The molecule has 2 aliphatic heterocycles. The number of thiophene rings is 1. The van der Waals surface area contributed by atoms with Gasteiger partial charge in [0.25, 0.3) is 11.5 Å². The number of nitrogens with zero attached hydrogens (tertiary/aromatic N) is 4. The minimum absolute atomic E-state index is 0.0573. The summed E-state index contributed by atoms with van der Waals surface area (Å²) in [5, 5.41) is 2.62. The van der Waals surface area contributed by atoms with E-state index < -0.39 is 23.1 Å². The van der Waals surface area contributed by atoms with E-state index in [1.165, 1.54) is 52.3 Å². The zero-order chi connectivity index (χ0) is 35.1. The lowest BCUT2D eigenvalue weighted by Gasteiger charge is -2.15. The van der Waals surface area contributed by atoms with E-state index in [2.05, 4.69) is 21.3 Å². The van der Waals surface area contributed by atoms with Crippen LogP contribution in [0, 0.1) is 11.6 Å². The van der Waals surface area contributed by atoms with Gasteiger partial charge in [0.1, 0.15) is 22.9 Å². The van der Waals surface area contributed by atoms with Crippen molar-refractivity contribution in [3.8, 4) is 33.5 Å². The SMILES string of the molecule is COC1CCN(Cc2ccc(-c3cc4nccc(Oc5ccc(NC(=O)c6c7c(cn(-c8ccc(F)cc8)c6=O)CCO7)cc5F)c4s3)nc2)C1. The van der Waals surface area contributed by atoms with Gasteiger partial charge >= 0.3 is 0 Å². The standard InChI is InChI=1S/C38H31F2N5O5S/c1-48-27-11-14-44(21-27)19-22-2-8-29(42-18-22)33-17-30-36(51-33)32(10-13-41-30)50-31-9-5-25(16-28(31)40)43-37(46)34-35-23(12-15-49-35)20-45(38(34)47)26-6-3-24(39)4-7-26/h2-10,13,16-18,20,27H,11-12,14-15,19,21H2,1H3,(H,43,46). The summed E-state index contributed by atoms with van der Waals surface area (Å²) in [6, 6.07) is 17.0. The summed E-state index contributed by atoms with van der Waals surface area (Å²) in [6.45, 7) is 3.02. The first-order valence-corrected chi connectivity index (χ1v) is 17.2. The molecule has 1 unspecified atom stereocenters. The number of ether oxygens (including phenoxy) is 3. The number of carbonyl (C=O) groups is 1. The van der Waals surface area contributed by atoms with Crippen molar-refractivity contribution in [2.75, 3.05) is 32.1 Å². The smallest absolute Gasteiger partial charge is 0.271 e. The molecule has 1 atom stereocenters. The number of nitrogens with one attached hydrogen (secondary N) is 1. The molecule has 1 N–H and O–H groups in total. The molecule has 0 aliphatic carbocycles. The highest BCUT2D eigenvalue weighted by molar-refractivity contribution is 7.22. The molecule has 2 aliphatic rings. The van der Waals surface area contributed by atoms with Crippen LogP contribution in [0.2, 0.25) is 0 Å². The molecule has 0 spiro atoms. The summed E-state index contributed by atoms with van der Waals surface area (Å²) < 4.78 is 48.2. The fourth-order valence-corrected chi connectivity index (χ4v) is 7.44. The highest BCUT2D eigenvalue weighted by Gasteiger charge is 2.27. The van der Waals surface area contributed by atoms with E-state index in [0.717, 1.165) is 53.0 Å². The van der Waals surface area contributed by atoms with Crippen LogP contribution in [-0.4, -0.2) is 58.3 Å². The van der Waals surface area contributed by atoms with Gasteiger partial charge in [-0.15, -0.1) is 11.3 Å². The Bertz CT molecular complexity index is 2330. The second-order valence-electron chi connectivity index (χ2n) is 12.4. The van der Waals surface area contributed by atoms with Crippen molar-refractivity contribution < 1.29 is 27.8 Å². The van der Waals surface area contributed by atoms with Crippen LogP contribution in [0.25, 0.3) is 26.5 Å². The number of halogens is 2. The van der Waals surface area contributed by atoms with Gasteiger partial charge in [0.15, 0.2) is 11.6 Å². The van der Waals surface area contributed by atoms with Gasteiger partial charge in [0.2, 0.25) is 0 Å². The minimum Gasteiger partial charge on any atom is -0.492 e. The van der Waals surface area contributed by atoms with Crippen molar-refractivity contribution in [2.45, 2.75) is 25.5 Å². The first kappa shape index (κ1) is 32.7. The van der Waals surface area contributed by atoms with E-state index in [9.17, 15) is 14.0 Å². The number of hydrogen-bond donors (Lipinski definition) is 1. The van der Waals surface area contributed by atoms with Gasteiger partial charge in [-0.05, 0) is 60.5 Å². The van der Waals surface area contributed by atoms with Crippen molar-refractivity contribution in [3.63, 3.8) is 0 Å². The van der Waals surface area contributed by atoms with Crippen LogP contribution in [0.3, 0.4) is 0 Å². The van der Waals surface area contributed by atoms with Crippen LogP contribution in [0.4, 0.5) is 14.5 Å². The van der Waals surface area contributed by atoms with Gasteiger partial charge in [-0.2, -0.15) is 0 Å². The normalized spacial score (nSPS) is 15.5. The second-order valence-corrected chi connectivity index (χ2v) is 13.4. The zero-order valence-electron chi connectivity index (χ0n) is 27.4. The molecule has 0 saturated carbocycles. The maximum atomic E-state index is 15.5. The van der Waals surface area contributed by atoms with Gasteiger partial charge in [0, 0.05) is 80.8 Å². The third kappa shape index (κ3) is 6.58. The van der Waals surface area contributed by atoms with Crippen LogP contribution in [-0.2, 0) is 17.7 Å². The topological polar surface area (TPSA) is 108 Å². The Labute approximate surface area is 294 Å². The maximum absolute atomic E-state index is 15.5. The van der Waals surface area contributed by atoms with Gasteiger partial charge in [-0.1, -0.05) is 6.07 Å². The molecular formula is C38H31F2N5O5S. The zero-order valence-corrected chi connectivity index (χ0v) is 28.2. The monoisotopic (exact) mass is 707 g/mol. The molecule has 1 saturated heterocycles. The number of anilines is 1. The van der Waals surface area contributed by atoms with Crippen LogP contribution < -0.4 is 20.3 Å². The Hall–Kier alpha value is -5.50. The highest BCUT2D eigenvalue weighted by Crippen LogP contribution is 2.39. The number of aromatic nitrogens is 3. The van der Waals surface area contributed by atoms with Crippen molar-refractivity contribution >= 4 is 33.1 Å². The molecule has 0 bridgehead atoms. The lowest BCUT2D eigenvalue weighted by Crippen LogP contribution is -2.29. The molecule has 13 heteroatoms. The first-order chi connectivity index (χ1) is 24.8. The highest BCUT2D eigenvalue weighted by atomic mass is 32.1. The van der Waals surface area contributed by atoms with Crippen molar-refractivity contribution in [1.29, 1.82) is 0 Å². The average molecular weight is 708 g/mol. The Morgan fingerprint density at radius 3 is 2.69 bits per heavy atom. The number of methoxy groups -OCH3 is 1. The lowest BCUT2D eigenvalue weighted by molar-refractivity contribution is 0.102. The molecule has 6 heterocycles. The van der Waals surface area contributed by atoms with E-state index in [0.29, 0.717) is 35.5 Å². The van der Waals surface area contributed by atoms with E-state index in [1.54, 1.807) is 25.6 Å². The molecule has 1 amide bonds. The van der Waals surface area contributed by atoms with Gasteiger partial charge in [-0.25, -0.2) is 8.78 Å². The predicted molar refractivity (Wildman–Crippen MR) is 189 cm³/mol. The second kappa shape index (κ2) is 13.7. The summed E-state index contributed by atoms with van der Waals surface area (Å²) >= 11 is 1.45. The molecule has 1 fully saturated rings. The molecule has 8 rings (SSSR count). The Kier molecular flexibility index (Phi) is 8.76. The number of carbonyl (C=O) groups excluding carboxylic acids is 1. The summed E-state index contributed by atoms with van der Waals surface area (Å²) in [4.78, 5) is 39.4. The number of amides is 1. The van der Waals surface area contributed by atoms with Gasteiger partial charge < -0.3 is 19.5 Å². The number of likely N-dealkylation sites (tertiary alicyclic amines) is 1. The van der Waals surface area contributed by atoms with Crippen LogP contribution in [0.15, 0.2) is 90.1 Å². The summed E-state index contributed by atoms with van der Waals surface area (Å²) in [5.74, 6) is -1.39. The summed E-state index contributed by atoms with van der Waals surface area (Å²) in [6.07, 6.45) is 6.87. The van der Waals surface area contributed by atoms with E-state index >= 15 is 4.39 Å². The summed E-state index contributed by atoms with van der Waals surface area (Å²) in [5.41, 5.74) is 2.91. The predicted octanol–water partition coefficient (Wildman–Crippen LogP) is 6.99. The molecule has 258 valence electrons. The average Bonchev–Trinajstić information content (AvgIpc) is 3.90. The maximum Gasteiger partial charge on any atom is 0.271 e. The fourth-order valence-electron chi connectivity index (χ4n) is 6.40. The number of fused-ring (bicyclic) bond motifs is 2. The van der Waals surface area contributed by atoms with Gasteiger partial charge in [-0.3, -0.25) is 29.0 Å². The third-order valence-electron chi connectivity index (χ3n) is 9.02. The first-order valence-electron chi connectivity index (χ1n) is 16.4. The van der Waals surface area contributed by atoms with Crippen molar-refractivity contribution in [2.24, 2.45) is 0 Å². The Morgan fingerprint density at radius 1 is 1.06 bits per heavy atom. The number of rotatable bonds is 9. The molecular weight excluding hydrogens is 677 g/mol. The Balaban J connectivity index is 0.993. The molecule has 51 heavy (non-hydrogen) atoms. The fraction of sp³-hybridized carbons (Fsp3) is 0.211. The molecule has 4 aromatic heterocycles. The van der Waals surface area contributed by atoms with E-state index in [4.69, 9.17) is 19.2 Å². The van der Waals surface area contributed by atoms with E-state index in [1.807, 2.05) is 18.3 Å². The number of benzene rings is 2. The molecule has 2 aromatic carbocycles. The van der Waals surface area contributed by atoms with Crippen molar-refractivity contribution in [1.82, 2.24) is 19.4 Å². The summed E-state index contributed by atoms with van der Waals surface area (Å²) in [7, 11) is 1.75. The molecule has 6 aromatic rings. The number of hydrogen-bond acceptors (Lipinski definition) is 9. The van der Waals surface area contributed by atoms with Crippen LogP contribution in [0.1, 0.15) is 27.9 Å². The lowest BCUT2D eigenvalue weighted by atomic mass is 10.1. The molecule has 0 radical (unpaired) electrons. The van der Waals surface area contributed by atoms with Crippen molar-refractivity contribution in [3.05, 3.63) is 124 Å². The number of pyridine rings is 3. The largest absolute Gasteiger partial charge is 0.492 e. The minimum atomic E-state index is -0.762. The molecule has 10 nitrogen and oxygen atoms in total. The van der Waals surface area contributed by atoms with Crippen LogP contribution >= 0.6 is 11.3 Å². The van der Waals surface area contributed by atoms with E-state index in [-0.39, 0.29) is 28.9 Å². The van der Waals surface area contributed by atoms with Gasteiger partial charge in [0.05, 0.1) is 33.5 Å². The third-order valence-corrected chi connectivity index (χ3v) is 10.2. The Morgan fingerprint density at radius 2 is 1.92 bits per heavy atom. The van der Waals surface area contributed by atoms with Crippen LogP contribution in [0.5, 0.6) is 17.2 Å². The quantitative estimate of drug-likeness (QED) is 0.172.